The molecule has 0 saturated carbocycles. The van der Waals surface area contributed by atoms with Crippen molar-refractivity contribution in [2.24, 2.45) is 5.92 Å². The molecule has 16 heavy (non-hydrogen) atoms. The van der Waals surface area contributed by atoms with Gasteiger partial charge in [0.2, 0.25) is 0 Å². The van der Waals surface area contributed by atoms with Crippen LogP contribution in [0.25, 0.3) is 0 Å². The van der Waals surface area contributed by atoms with Gasteiger partial charge in [-0.15, -0.1) is 0 Å². The van der Waals surface area contributed by atoms with Gasteiger partial charge in [-0.05, 0) is 18.1 Å². The van der Waals surface area contributed by atoms with Gasteiger partial charge in [-0.2, -0.15) is 0 Å². The predicted molar refractivity (Wildman–Crippen MR) is 66.2 cm³/mol. The third kappa shape index (κ3) is 2.89. The largest absolute Gasteiger partial charge is 0.495 e. The first kappa shape index (κ1) is 12.8. The predicted octanol–water partition coefficient (Wildman–Crippen LogP) is 3.16. The van der Waals surface area contributed by atoms with E-state index in [1.165, 1.54) is 7.11 Å². The summed E-state index contributed by atoms with van der Waals surface area (Å²) in [6.07, 6.45) is 0.467. The first-order valence-corrected chi connectivity index (χ1v) is 5.49. The molecule has 3 nitrogen and oxygen atoms in total. The molecule has 2 N–H and O–H groups in total. The number of ketones is 1. The van der Waals surface area contributed by atoms with Crippen LogP contribution in [-0.4, -0.2) is 12.9 Å². The van der Waals surface area contributed by atoms with Crippen molar-refractivity contribution >= 4 is 23.1 Å². The smallest absolute Gasteiger partial charge is 0.165 e. The van der Waals surface area contributed by atoms with Crippen LogP contribution in [0.4, 0.5) is 5.69 Å². The Balaban J connectivity index is 3.08. The first-order valence-electron chi connectivity index (χ1n) is 5.12. The SMILES string of the molecule is COc1cc(C(=O)CC(C)C)c(N)cc1Cl. The van der Waals surface area contributed by atoms with E-state index in [0.717, 1.165) is 0 Å². The van der Waals surface area contributed by atoms with Gasteiger partial charge in [0.1, 0.15) is 5.75 Å². The highest BCUT2D eigenvalue weighted by atomic mass is 35.5. The summed E-state index contributed by atoms with van der Waals surface area (Å²) in [5.41, 5.74) is 6.64. The molecule has 0 fully saturated rings. The maximum atomic E-state index is 11.9. The van der Waals surface area contributed by atoms with Crippen molar-refractivity contribution in [2.75, 3.05) is 12.8 Å². The summed E-state index contributed by atoms with van der Waals surface area (Å²) < 4.78 is 5.06. The molecule has 0 radical (unpaired) electrons. The zero-order chi connectivity index (χ0) is 12.3. The Kier molecular flexibility index (Phi) is 4.19. The molecule has 0 heterocycles. The van der Waals surface area contributed by atoms with E-state index in [9.17, 15) is 4.79 Å². The number of halogens is 1. The Bertz CT molecular complexity index is 402. The molecule has 0 aliphatic heterocycles. The van der Waals surface area contributed by atoms with Gasteiger partial charge in [0.05, 0.1) is 12.1 Å². The maximum Gasteiger partial charge on any atom is 0.165 e. The van der Waals surface area contributed by atoms with Crippen LogP contribution in [0.3, 0.4) is 0 Å². The highest BCUT2D eigenvalue weighted by Crippen LogP contribution is 2.30. The molecular weight excluding hydrogens is 226 g/mol. The van der Waals surface area contributed by atoms with Crippen LogP contribution in [0.5, 0.6) is 5.75 Å². The van der Waals surface area contributed by atoms with E-state index in [4.69, 9.17) is 22.1 Å². The van der Waals surface area contributed by atoms with Crippen molar-refractivity contribution in [3.63, 3.8) is 0 Å². The molecule has 0 saturated heterocycles. The van der Waals surface area contributed by atoms with Gasteiger partial charge in [-0.3, -0.25) is 4.79 Å². The molecule has 0 atom stereocenters. The van der Waals surface area contributed by atoms with Gasteiger partial charge in [0.15, 0.2) is 5.78 Å². The number of methoxy groups -OCH3 is 1. The molecule has 0 aliphatic carbocycles. The van der Waals surface area contributed by atoms with Crippen LogP contribution in [0, 0.1) is 5.92 Å². The minimum atomic E-state index is 0.0162. The fraction of sp³-hybridized carbons (Fsp3) is 0.417. The zero-order valence-electron chi connectivity index (χ0n) is 9.71. The summed E-state index contributed by atoms with van der Waals surface area (Å²) in [5, 5.41) is 0.418. The van der Waals surface area contributed by atoms with Crippen LogP contribution < -0.4 is 10.5 Å². The third-order valence-corrected chi connectivity index (χ3v) is 2.51. The van der Waals surface area contributed by atoms with Crippen LogP contribution >= 0.6 is 11.6 Å². The number of ether oxygens (including phenoxy) is 1. The number of carbonyl (C=O) groups excluding carboxylic acids is 1. The second-order valence-corrected chi connectivity index (χ2v) is 4.50. The zero-order valence-corrected chi connectivity index (χ0v) is 10.5. The summed E-state index contributed by atoms with van der Waals surface area (Å²) >= 11 is 5.90. The van der Waals surface area contributed by atoms with Crippen molar-refractivity contribution in [1.29, 1.82) is 0 Å². The average Bonchev–Trinajstić information content (AvgIpc) is 2.16. The van der Waals surface area contributed by atoms with E-state index >= 15 is 0 Å². The van der Waals surface area contributed by atoms with Gasteiger partial charge >= 0.3 is 0 Å². The van der Waals surface area contributed by atoms with Gasteiger partial charge in [0.25, 0.3) is 0 Å². The number of benzene rings is 1. The Morgan fingerprint density at radius 1 is 1.50 bits per heavy atom. The maximum absolute atomic E-state index is 11.9. The van der Waals surface area contributed by atoms with Gasteiger partial charge in [0, 0.05) is 17.7 Å². The molecule has 0 unspecified atom stereocenters. The van der Waals surface area contributed by atoms with Crippen LogP contribution in [0.15, 0.2) is 12.1 Å². The molecule has 0 amide bonds. The van der Waals surface area contributed by atoms with E-state index in [1.54, 1.807) is 12.1 Å². The summed E-state index contributed by atoms with van der Waals surface area (Å²) in [6, 6.07) is 3.15. The van der Waals surface area contributed by atoms with Gasteiger partial charge in [-0.25, -0.2) is 0 Å². The van der Waals surface area contributed by atoms with Gasteiger partial charge < -0.3 is 10.5 Å². The molecule has 1 rings (SSSR count). The lowest BCUT2D eigenvalue weighted by molar-refractivity contribution is 0.0968. The fourth-order valence-electron chi connectivity index (χ4n) is 1.45. The quantitative estimate of drug-likeness (QED) is 0.651. The summed E-state index contributed by atoms with van der Waals surface area (Å²) in [7, 11) is 1.51. The van der Waals surface area contributed by atoms with Crippen molar-refractivity contribution < 1.29 is 9.53 Å². The molecule has 88 valence electrons. The average molecular weight is 242 g/mol. The van der Waals surface area contributed by atoms with E-state index in [-0.39, 0.29) is 5.78 Å². The molecule has 0 aromatic heterocycles. The minimum absolute atomic E-state index is 0.0162. The van der Waals surface area contributed by atoms with Crippen molar-refractivity contribution in [3.8, 4) is 5.75 Å². The summed E-state index contributed by atoms with van der Waals surface area (Å²) in [5.74, 6) is 0.791. The third-order valence-electron chi connectivity index (χ3n) is 2.22. The van der Waals surface area contributed by atoms with Crippen LogP contribution in [-0.2, 0) is 0 Å². The Labute approximate surface area is 101 Å². The van der Waals surface area contributed by atoms with Crippen molar-refractivity contribution in [3.05, 3.63) is 22.7 Å². The minimum Gasteiger partial charge on any atom is -0.495 e. The number of carbonyl (C=O) groups is 1. The molecule has 0 aliphatic rings. The lowest BCUT2D eigenvalue weighted by atomic mass is 10.00. The summed E-state index contributed by atoms with van der Waals surface area (Å²) in [6.45, 7) is 3.97. The Morgan fingerprint density at radius 3 is 2.62 bits per heavy atom. The molecule has 0 spiro atoms. The highest BCUT2D eigenvalue weighted by Gasteiger charge is 2.14. The molecule has 4 heteroatoms. The molecule has 1 aromatic rings. The number of Topliss-reactive ketones (excluding diaryl/α,β-unsaturated/α-hetero) is 1. The van der Waals surface area contributed by atoms with Crippen molar-refractivity contribution in [1.82, 2.24) is 0 Å². The monoisotopic (exact) mass is 241 g/mol. The second-order valence-electron chi connectivity index (χ2n) is 4.10. The number of nitrogen functional groups attached to an aromatic ring is 1. The number of nitrogens with two attached hydrogens (primary N) is 1. The van der Waals surface area contributed by atoms with E-state index in [0.29, 0.717) is 34.4 Å². The molecule has 1 aromatic carbocycles. The summed E-state index contributed by atoms with van der Waals surface area (Å²) in [4.78, 5) is 11.9. The first-order chi connectivity index (χ1) is 7.45. The van der Waals surface area contributed by atoms with E-state index in [1.807, 2.05) is 13.8 Å². The Hall–Kier alpha value is -1.22. The highest BCUT2D eigenvalue weighted by molar-refractivity contribution is 6.32. The molecular formula is C12H16ClNO2. The number of hydrogen-bond acceptors (Lipinski definition) is 3. The van der Waals surface area contributed by atoms with Gasteiger partial charge in [-0.1, -0.05) is 25.4 Å². The fourth-order valence-corrected chi connectivity index (χ4v) is 1.70. The Morgan fingerprint density at radius 2 is 2.12 bits per heavy atom. The lowest BCUT2D eigenvalue weighted by Gasteiger charge is -2.10. The van der Waals surface area contributed by atoms with E-state index < -0.39 is 0 Å². The van der Waals surface area contributed by atoms with Crippen LogP contribution in [0.2, 0.25) is 5.02 Å². The lowest BCUT2D eigenvalue weighted by Crippen LogP contribution is -2.07. The topological polar surface area (TPSA) is 52.3 Å². The number of rotatable bonds is 4. The second kappa shape index (κ2) is 5.21. The van der Waals surface area contributed by atoms with Crippen molar-refractivity contribution in [2.45, 2.75) is 20.3 Å². The molecule has 0 bridgehead atoms. The number of hydrogen-bond donors (Lipinski definition) is 1. The standard InChI is InChI=1S/C12H16ClNO2/c1-7(2)4-11(15)8-5-12(16-3)9(13)6-10(8)14/h5-7H,4,14H2,1-3H3. The normalized spacial score (nSPS) is 10.6. The number of anilines is 1. The van der Waals surface area contributed by atoms with E-state index in [2.05, 4.69) is 0 Å². The van der Waals surface area contributed by atoms with Crippen LogP contribution in [0.1, 0.15) is 30.6 Å².